The predicted octanol–water partition coefficient (Wildman–Crippen LogP) is 2.31. The molecule has 0 saturated carbocycles. The predicted molar refractivity (Wildman–Crippen MR) is 97.9 cm³/mol. The van der Waals surface area contributed by atoms with Gasteiger partial charge in [0.05, 0.1) is 19.1 Å². The highest BCUT2D eigenvalue weighted by molar-refractivity contribution is 7.20. The molecule has 1 amide bonds. The van der Waals surface area contributed by atoms with E-state index in [4.69, 9.17) is 9.47 Å². The molecule has 6 nitrogen and oxygen atoms in total. The van der Waals surface area contributed by atoms with Gasteiger partial charge in [-0.05, 0) is 17.5 Å². The lowest BCUT2D eigenvalue weighted by atomic mass is 10.1. The lowest BCUT2D eigenvalue weighted by molar-refractivity contribution is -0.131. The molecule has 0 spiro atoms. The van der Waals surface area contributed by atoms with Gasteiger partial charge in [0.25, 0.3) is 0 Å². The van der Waals surface area contributed by atoms with Crippen molar-refractivity contribution >= 4 is 33.1 Å². The molecule has 1 fully saturated rings. The molecule has 1 aliphatic heterocycles. The molecule has 1 N–H and O–H groups in total. The fourth-order valence-electron chi connectivity index (χ4n) is 2.92. The summed E-state index contributed by atoms with van der Waals surface area (Å²) in [5, 5.41) is 4.16. The van der Waals surface area contributed by atoms with Gasteiger partial charge in [0.2, 0.25) is 5.91 Å². The zero-order valence-corrected chi connectivity index (χ0v) is 15.3. The summed E-state index contributed by atoms with van der Waals surface area (Å²) < 4.78 is 11.6. The molecule has 0 atom stereocenters. The molecule has 1 aliphatic rings. The summed E-state index contributed by atoms with van der Waals surface area (Å²) in [6.45, 7) is 3.07. The van der Waals surface area contributed by atoms with E-state index in [0.29, 0.717) is 16.4 Å². The van der Waals surface area contributed by atoms with Gasteiger partial charge in [-0.2, -0.15) is 0 Å². The van der Waals surface area contributed by atoms with Crippen molar-refractivity contribution in [2.75, 3.05) is 40.4 Å². The first kappa shape index (κ1) is 17.7. The van der Waals surface area contributed by atoms with Crippen molar-refractivity contribution in [3.63, 3.8) is 0 Å². The van der Waals surface area contributed by atoms with Crippen molar-refractivity contribution in [2.24, 2.45) is 0 Å². The summed E-state index contributed by atoms with van der Waals surface area (Å²) >= 11 is 1.42. The summed E-state index contributed by atoms with van der Waals surface area (Å²) in [6.07, 6.45) is 0.504. The number of amides is 1. The molecule has 3 rings (SSSR count). The number of ether oxygens (including phenoxy) is 2. The maximum Gasteiger partial charge on any atom is 0.223 e. The molecule has 0 aliphatic carbocycles. The normalized spacial score (nSPS) is 14.6. The average Bonchev–Trinajstić information content (AvgIpc) is 3.08. The van der Waals surface area contributed by atoms with Crippen LogP contribution in [0.2, 0.25) is 0 Å². The Labute approximate surface area is 150 Å². The third-order valence-corrected chi connectivity index (χ3v) is 5.47. The van der Waals surface area contributed by atoms with Crippen molar-refractivity contribution < 1.29 is 19.1 Å². The SMILES string of the molecule is COc1cc2cc(C(=O)CCC(=O)N3CCNCC3)sc2cc1OC. The Kier molecular flexibility index (Phi) is 5.55. The van der Waals surface area contributed by atoms with Crippen LogP contribution in [0.3, 0.4) is 0 Å². The van der Waals surface area contributed by atoms with E-state index in [1.54, 1.807) is 14.2 Å². The van der Waals surface area contributed by atoms with E-state index in [1.165, 1.54) is 11.3 Å². The lowest BCUT2D eigenvalue weighted by Gasteiger charge is -2.27. The number of piperazine rings is 1. The average molecular weight is 362 g/mol. The highest BCUT2D eigenvalue weighted by Crippen LogP contribution is 2.36. The summed E-state index contributed by atoms with van der Waals surface area (Å²) in [4.78, 5) is 27.2. The van der Waals surface area contributed by atoms with E-state index in [0.717, 1.165) is 36.3 Å². The second-order valence-corrected chi connectivity index (χ2v) is 6.99. The van der Waals surface area contributed by atoms with Gasteiger partial charge < -0.3 is 19.7 Å². The molecule has 0 bridgehead atoms. The van der Waals surface area contributed by atoms with Crippen LogP contribution in [0.1, 0.15) is 22.5 Å². The Morgan fingerprint density at radius 2 is 1.76 bits per heavy atom. The topological polar surface area (TPSA) is 67.9 Å². The third kappa shape index (κ3) is 3.93. The molecule has 2 aromatic rings. The van der Waals surface area contributed by atoms with E-state index in [2.05, 4.69) is 5.32 Å². The van der Waals surface area contributed by atoms with Crippen LogP contribution in [-0.2, 0) is 4.79 Å². The highest BCUT2D eigenvalue weighted by atomic mass is 32.1. The van der Waals surface area contributed by atoms with Gasteiger partial charge in [-0.15, -0.1) is 11.3 Å². The molecule has 134 valence electrons. The van der Waals surface area contributed by atoms with Crippen molar-refractivity contribution in [1.82, 2.24) is 10.2 Å². The highest BCUT2D eigenvalue weighted by Gasteiger charge is 2.19. The fourth-order valence-corrected chi connectivity index (χ4v) is 3.96. The van der Waals surface area contributed by atoms with Crippen LogP contribution in [0.4, 0.5) is 0 Å². The summed E-state index contributed by atoms with van der Waals surface area (Å²) in [6, 6.07) is 5.61. The van der Waals surface area contributed by atoms with Crippen LogP contribution in [0.25, 0.3) is 10.1 Å². The van der Waals surface area contributed by atoms with Gasteiger partial charge in [0.15, 0.2) is 17.3 Å². The van der Waals surface area contributed by atoms with Crippen molar-refractivity contribution in [3.05, 3.63) is 23.1 Å². The number of carbonyl (C=O) groups excluding carboxylic acids is 2. The Hall–Kier alpha value is -2.12. The molecule has 7 heteroatoms. The molecule has 1 saturated heterocycles. The minimum absolute atomic E-state index is 0.00242. The first-order valence-electron chi connectivity index (χ1n) is 8.29. The quantitative estimate of drug-likeness (QED) is 0.799. The number of nitrogens with one attached hydrogen (secondary N) is 1. The van der Waals surface area contributed by atoms with Crippen LogP contribution in [0.15, 0.2) is 18.2 Å². The number of Topliss-reactive ketones (excluding diaryl/α,β-unsaturated/α-hetero) is 1. The molecular weight excluding hydrogens is 340 g/mol. The van der Waals surface area contributed by atoms with Gasteiger partial charge in [-0.25, -0.2) is 0 Å². The fraction of sp³-hybridized carbons (Fsp3) is 0.444. The monoisotopic (exact) mass is 362 g/mol. The third-order valence-electron chi connectivity index (χ3n) is 4.33. The van der Waals surface area contributed by atoms with Gasteiger partial charge in [0.1, 0.15) is 0 Å². The maximum atomic E-state index is 12.5. The Bertz CT molecular complexity index is 740. The minimum Gasteiger partial charge on any atom is -0.493 e. The van der Waals surface area contributed by atoms with Gasteiger partial charge in [-0.3, -0.25) is 9.59 Å². The molecule has 0 unspecified atom stereocenters. The van der Waals surface area contributed by atoms with E-state index in [1.807, 2.05) is 23.1 Å². The van der Waals surface area contributed by atoms with Crippen LogP contribution < -0.4 is 14.8 Å². The Morgan fingerprint density at radius 1 is 1.08 bits per heavy atom. The first-order chi connectivity index (χ1) is 12.1. The lowest BCUT2D eigenvalue weighted by Crippen LogP contribution is -2.46. The van der Waals surface area contributed by atoms with Crippen molar-refractivity contribution in [2.45, 2.75) is 12.8 Å². The number of benzene rings is 1. The number of fused-ring (bicyclic) bond motifs is 1. The van der Waals surface area contributed by atoms with Crippen molar-refractivity contribution in [3.8, 4) is 11.5 Å². The number of nitrogens with zero attached hydrogens (tertiary/aromatic N) is 1. The van der Waals surface area contributed by atoms with Crippen LogP contribution >= 0.6 is 11.3 Å². The summed E-state index contributed by atoms with van der Waals surface area (Å²) in [5.41, 5.74) is 0. The number of rotatable bonds is 6. The number of hydrogen-bond acceptors (Lipinski definition) is 6. The number of carbonyl (C=O) groups is 2. The van der Waals surface area contributed by atoms with Crippen LogP contribution in [0, 0.1) is 0 Å². The van der Waals surface area contributed by atoms with E-state index in [-0.39, 0.29) is 24.5 Å². The van der Waals surface area contributed by atoms with E-state index < -0.39 is 0 Å². The molecule has 1 aromatic heterocycles. The van der Waals surface area contributed by atoms with Gasteiger partial charge in [0, 0.05) is 49.8 Å². The standard InChI is InChI=1S/C18H22N2O4S/c1-23-14-9-12-10-17(25-16(12)11-15(14)24-2)13(21)3-4-18(22)20-7-5-19-6-8-20/h9-11,19H,3-8H2,1-2H3. The Morgan fingerprint density at radius 3 is 2.44 bits per heavy atom. The number of ketones is 1. The second-order valence-electron chi connectivity index (χ2n) is 5.91. The van der Waals surface area contributed by atoms with Crippen molar-refractivity contribution in [1.29, 1.82) is 0 Å². The van der Waals surface area contributed by atoms with Gasteiger partial charge >= 0.3 is 0 Å². The minimum atomic E-state index is 0.00242. The molecule has 1 aromatic carbocycles. The number of methoxy groups -OCH3 is 2. The summed E-state index contributed by atoms with van der Waals surface area (Å²) in [5.74, 6) is 1.34. The number of hydrogen-bond donors (Lipinski definition) is 1. The molecule has 25 heavy (non-hydrogen) atoms. The molecule has 0 radical (unpaired) electrons. The smallest absolute Gasteiger partial charge is 0.223 e. The van der Waals surface area contributed by atoms with E-state index >= 15 is 0 Å². The Balaban J connectivity index is 1.68. The molecule has 2 heterocycles. The van der Waals surface area contributed by atoms with E-state index in [9.17, 15) is 9.59 Å². The largest absolute Gasteiger partial charge is 0.493 e. The summed E-state index contributed by atoms with van der Waals surface area (Å²) in [7, 11) is 3.18. The van der Waals surface area contributed by atoms with Crippen LogP contribution in [-0.4, -0.2) is 57.0 Å². The zero-order chi connectivity index (χ0) is 17.8. The van der Waals surface area contributed by atoms with Crippen LogP contribution in [0.5, 0.6) is 11.5 Å². The molecular formula is C18H22N2O4S. The van der Waals surface area contributed by atoms with Gasteiger partial charge in [-0.1, -0.05) is 0 Å². The first-order valence-corrected chi connectivity index (χ1v) is 9.11. The second kappa shape index (κ2) is 7.84. The zero-order valence-electron chi connectivity index (χ0n) is 14.5. The maximum absolute atomic E-state index is 12.5. The number of thiophene rings is 1.